The van der Waals surface area contributed by atoms with E-state index in [1.54, 1.807) is 0 Å². The third-order valence-electron chi connectivity index (χ3n) is 5.61. The van der Waals surface area contributed by atoms with Crippen LogP contribution in [0.25, 0.3) is 10.9 Å². The van der Waals surface area contributed by atoms with Gasteiger partial charge in [0.2, 0.25) is 0 Å². The summed E-state index contributed by atoms with van der Waals surface area (Å²) in [5.41, 5.74) is 2.83. The normalized spacial score (nSPS) is 14.0. The number of nitrogens with one attached hydrogen (secondary N) is 3. The van der Waals surface area contributed by atoms with Crippen LogP contribution < -0.4 is 10.6 Å². The first-order valence-electron chi connectivity index (χ1n) is 10.9. The van der Waals surface area contributed by atoms with Gasteiger partial charge < -0.3 is 20.4 Å². The Morgan fingerprint density at radius 2 is 2.00 bits per heavy atom. The number of H-pyrrole nitrogens is 1. The summed E-state index contributed by atoms with van der Waals surface area (Å²) in [5.74, 6) is 0. The lowest BCUT2D eigenvalue weighted by Crippen LogP contribution is -2.46. The third kappa shape index (κ3) is 6.33. The molecule has 3 rings (SSSR count). The molecule has 0 fully saturated rings. The Labute approximate surface area is 189 Å². The van der Waals surface area contributed by atoms with E-state index in [2.05, 4.69) is 21.7 Å². The second-order valence-corrected chi connectivity index (χ2v) is 7.98. The summed E-state index contributed by atoms with van der Waals surface area (Å²) in [5, 5.41) is 16.6. The van der Waals surface area contributed by atoms with Gasteiger partial charge >= 0.3 is 6.03 Å². The van der Waals surface area contributed by atoms with Gasteiger partial charge in [0.05, 0.1) is 24.8 Å². The number of carbonyl (C=O) groups excluding carboxylic acids is 1. The molecule has 168 valence electrons. The molecular formula is C25H31N5O2. The molecule has 2 unspecified atom stereocenters. The maximum Gasteiger partial charge on any atom is 0.319 e. The Morgan fingerprint density at radius 1 is 1.22 bits per heavy atom. The lowest BCUT2D eigenvalue weighted by Gasteiger charge is -2.28. The molecule has 0 aliphatic rings. The number of anilines is 1. The summed E-state index contributed by atoms with van der Waals surface area (Å²) < 4.78 is 5.99. The van der Waals surface area contributed by atoms with E-state index < -0.39 is 0 Å². The highest BCUT2D eigenvalue weighted by atomic mass is 16.5. The lowest BCUT2D eigenvalue weighted by molar-refractivity contribution is 0.0162. The molecular weight excluding hydrogens is 402 g/mol. The highest BCUT2D eigenvalue weighted by Crippen LogP contribution is 2.17. The van der Waals surface area contributed by atoms with Crippen molar-refractivity contribution in [1.82, 2.24) is 15.2 Å². The van der Waals surface area contributed by atoms with E-state index in [4.69, 9.17) is 4.74 Å². The topological polar surface area (TPSA) is 93.2 Å². The molecule has 0 radical (unpaired) electrons. The van der Waals surface area contributed by atoms with Crippen molar-refractivity contribution in [2.24, 2.45) is 0 Å². The van der Waals surface area contributed by atoms with E-state index in [1.165, 1.54) is 0 Å². The van der Waals surface area contributed by atoms with Crippen LogP contribution in [0.2, 0.25) is 0 Å². The van der Waals surface area contributed by atoms with Gasteiger partial charge in [-0.25, -0.2) is 4.79 Å². The highest BCUT2D eigenvalue weighted by molar-refractivity contribution is 5.92. The molecule has 2 aromatic carbocycles. The largest absolute Gasteiger partial charge is 0.374 e. The molecule has 1 heterocycles. The first kappa shape index (κ1) is 23.3. The number of nitrogens with zero attached hydrogens (tertiary/aromatic N) is 2. The van der Waals surface area contributed by atoms with Crippen LogP contribution in [0, 0.1) is 11.3 Å². The third-order valence-corrected chi connectivity index (χ3v) is 5.61. The summed E-state index contributed by atoms with van der Waals surface area (Å²) in [6.07, 6.45) is 2.34. The number of aromatic nitrogens is 1. The van der Waals surface area contributed by atoms with Crippen molar-refractivity contribution in [1.29, 1.82) is 5.26 Å². The quantitative estimate of drug-likeness (QED) is 0.439. The number of likely N-dealkylation sites (N-methyl/N-ethyl adjacent to an activating group) is 1. The van der Waals surface area contributed by atoms with Crippen molar-refractivity contribution in [3.8, 4) is 6.07 Å². The van der Waals surface area contributed by atoms with Gasteiger partial charge in [0.15, 0.2) is 0 Å². The number of carbonyl (C=O) groups is 1. The zero-order chi connectivity index (χ0) is 22.9. The van der Waals surface area contributed by atoms with Crippen LogP contribution in [0.1, 0.15) is 25.8 Å². The first-order valence-corrected chi connectivity index (χ1v) is 10.9. The van der Waals surface area contributed by atoms with E-state index in [1.807, 2.05) is 86.6 Å². The Morgan fingerprint density at radius 3 is 2.72 bits per heavy atom. The maximum absolute atomic E-state index is 12.5. The summed E-state index contributed by atoms with van der Waals surface area (Å²) in [4.78, 5) is 17.6. The van der Waals surface area contributed by atoms with Crippen LogP contribution in [-0.2, 0) is 11.3 Å². The fourth-order valence-corrected chi connectivity index (χ4v) is 3.62. The molecule has 3 N–H and O–H groups in total. The molecule has 0 aliphatic carbocycles. The van der Waals surface area contributed by atoms with E-state index >= 15 is 0 Å². The lowest BCUT2D eigenvalue weighted by atomic mass is 10.1. The fraction of sp³-hybridized carbons (Fsp3) is 0.360. The van der Waals surface area contributed by atoms with Gasteiger partial charge in [0.25, 0.3) is 0 Å². The van der Waals surface area contributed by atoms with Crippen molar-refractivity contribution in [2.75, 3.05) is 19.0 Å². The molecule has 0 saturated heterocycles. The minimum atomic E-state index is -0.378. The molecule has 2 amide bonds. The Balaban J connectivity index is 1.49. The number of hydrogen-bond acceptors (Lipinski definition) is 4. The number of nitriles is 1. The standard InChI is InChI=1S/C25H31N5O2/c1-4-23(29-25(31)28-21-11-10-20-12-13-27-24(20)14-21)18(2)32-17-22(15-26)30(3)16-19-8-6-5-7-9-19/h5-14,18,22-23,27H,4,16-17H2,1-3H3,(H2,28,29,31)/t18-,22?,23?/m1/s1. The van der Waals surface area contributed by atoms with Crippen LogP contribution in [-0.4, -0.2) is 47.8 Å². The number of fused-ring (bicyclic) bond motifs is 1. The van der Waals surface area contributed by atoms with Crippen LogP contribution in [0.15, 0.2) is 60.8 Å². The smallest absolute Gasteiger partial charge is 0.319 e. The molecule has 7 heteroatoms. The summed E-state index contributed by atoms with van der Waals surface area (Å²) in [6.45, 7) is 4.86. The molecule has 3 aromatic rings. The minimum absolute atomic E-state index is 0.178. The molecule has 3 atom stereocenters. The van der Waals surface area contributed by atoms with Crippen molar-refractivity contribution < 1.29 is 9.53 Å². The van der Waals surface area contributed by atoms with Gasteiger partial charge in [0.1, 0.15) is 6.04 Å². The van der Waals surface area contributed by atoms with Gasteiger partial charge in [0, 0.05) is 23.9 Å². The molecule has 0 saturated carbocycles. The molecule has 0 spiro atoms. The molecule has 7 nitrogen and oxygen atoms in total. The second kappa shape index (κ2) is 11.3. The molecule has 0 bridgehead atoms. The number of hydrogen-bond donors (Lipinski definition) is 3. The van der Waals surface area contributed by atoms with E-state index in [0.29, 0.717) is 18.7 Å². The second-order valence-electron chi connectivity index (χ2n) is 7.98. The predicted octanol–water partition coefficient (Wildman–Crippen LogP) is 4.50. The zero-order valence-corrected chi connectivity index (χ0v) is 18.8. The Kier molecular flexibility index (Phi) is 8.26. The van der Waals surface area contributed by atoms with E-state index in [-0.39, 0.29) is 30.8 Å². The fourth-order valence-electron chi connectivity index (χ4n) is 3.62. The van der Waals surface area contributed by atoms with Gasteiger partial charge in [-0.15, -0.1) is 0 Å². The van der Waals surface area contributed by atoms with Gasteiger partial charge in [-0.3, -0.25) is 4.90 Å². The molecule has 0 aliphatic heterocycles. The van der Waals surface area contributed by atoms with Gasteiger partial charge in [-0.1, -0.05) is 43.3 Å². The summed E-state index contributed by atoms with van der Waals surface area (Å²) >= 11 is 0. The average molecular weight is 434 g/mol. The molecule has 1 aromatic heterocycles. The number of rotatable bonds is 10. The number of aromatic amines is 1. The number of urea groups is 1. The van der Waals surface area contributed by atoms with Gasteiger partial charge in [-0.2, -0.15) is 5.26 Å². The first-order chi connectivity index (χ1) is 15.5. The van der Waals surface area contributed by atoms with Crippen LogP contribution in [0.3, 0.4) is 0 Å². The predicted molar refractivity (Wildman–Crippen MR) is 127 cm³/mol. The highest BCUT2D eigenvalue weighted by Gasteiger charge is 2.22. The van der Waals surface area contributed by atoms with Crippen molar-refractivity contribution in [2.45, 2.75) is 45.0 Å². The van der Waals surface area contributed by atoms with Crippen molar-refractivity contribution in [3.05, 3.63) is 66.4 Å². The zero-order valence-electron chi connectivity index (χ0n) is 18.8. The Bertz CT molecular complexity index is 1040. The number of benzene rings is 2. The summed E-state index contributed by atoms with van der Waals surface area (Å²) in [7, 11) is 1.92. The van der Waals surface area contributed by atoms with Crippen molar-refractivity contribution >= 4 is 22.6 Å². The monoisotopic (exact) mass is 433 g/mol. The summed E-state index contributed by atoms with van der Waals surface area (Å²) in [6, 6.07) is 19.2. The van der Waals surface area contributed by atoms with E-state index in [0.717, 1.165) is 16.5 Å². The molecule has 32 heavy (non-hydrogen) atoms. The number of ether oxygens (including phenoxy) is 1. The Hall–Kier alpha value is -3.34. The number of amides is 2. The van der Waals surface area contributed by atoms with Crippen molar-refractivity contribution in [3.63, 3.8) is 0 Å². The van der Waals surface area contributed by atoms with Crippen LogP contribution in [0.4, 0.5) is 10.5 Å². The van der Waals surface area contributed by atoms with Crippen LogP contribution in [0.5, 0.6) is 0 Å². The van der Waals surface area contributed by atoms with Crippen LogP contribution >= 0.6 is 0 Å². The minimum Gasteiger partial charge on any atom is -0.374 e. The average Bonchev–Trinajstić information content (AvgIpc) is 3.26. The maximum atomic E-state index is 12.5. The SMILES string of the molecule is CCC(NC(=O)Nc1ccc2cc[nH]c2c1)[C@@H](C)OCC(C#N)N(C)Cc1ccccc1. The van der Waals surface area contributed by atoms with E-state index in [9.17, 15) is 10.1 Å². The van der Waals surface area contributed by atoms with Gasteiger partial charge in [-0.05, 0) is 49.5 Å².